The van der Waals surface area contributed by atoms with Crippen molar-refractivity contribution >= 4 is 5.91 Å². The summed E-state index contributed by atoms with van der Waals surface area (Å²) in [4.78, 5) is 12.3. The second-order valence-corrected chi connectivity index (χ2v) is 6.89. The monoisotopic (exact) mass is 304 g/mol. The van der Waals surface area contributed by atoms with Crippen LogP contribution in [0, 0.1) is 12.8 Å². The standard InChI is InChI=1S/C18H28N2O2/c1-13-6-4-5-7-15(13)18(2,3)12-20-17(21)16(19)14-8-10-22-11-9-14/h4-7,14,16H,8-12,19H2,1-3H3,(H,20,21). The molecule has 1 heterocycles. The molecule has 4 heteroatoms. The second-order valence-electron chi connectivity index (χ2n) is 6.89. The van der Waals surface area contributed by atoms with Crippen molar-refractivity contribution in [3.05, 3.63) is 35.4 Å². The first-order valence-corrected chi connectivity index (χ1v) is 8.09. The van der Waals surface area contributed by atoms with E-state index in [-0.39, 0.29) is 17.2 Å². The summed E-state index contributed by atoms with van der Waals surface area (Å²) in [5.41, 5.74) is 8.51. The fourth-order valence-electron chi connectivity index (χ4n) is 3.14. The number of hydrogen-bond acceptors (Lipinski definition) is 3. The molecule has 0 bridgehead atoms. The number of carbonyl (C=O) groups is 1. The molecule has 2 rings (SSSR count). The van der Waals surface area contributed by atoms with Gasteiger partial charge in [-0.25, -0.2) is 0 Å². The number of benzene rings is 1. The van der Waals surface area contributed by atoms with E-state index in [4.69, 9.17) is 10.5 Å². The molecule has 22 heavy (non-hydrogen) atoms. The van der Waals surface area contributed by atoms with Crippen molar-refractivity contribution in [3.8, 4) is 0 Å². The smallest absolute Gasteiger partial charge is 0.237 e. The maximum absolute atomic E-state index is 12.3. The number of amides is 1. The fraction of sp³-hybridized carbons (Fsp3) is 0.611. The van der Waals surface area contributed by atoms with E-state index in [0.29, 0.717) is 19.8 Å². The van der Waals surface area contributed by atoms with Crippen LogP contribution in [-0.4, -0.2) is 31.7 Å². The van der Waals surface area contributed by atoms with Crippen molar-refractivity contribution in [1.29, 1.82) is 0 Å². The van der Waals surface area contributed by atoms with Gasteiger partial charge >= 0.3 is 0 Å². The van der Waals surface area contributed by atoms with Gasteiger partial charge in [-0.15, -0.1) is 0 Å². The van der Waals surface area contributed by atoms with E-state index < -0.39 is 6.04 Å². The average molecular weight is 304 g/mol. The van der Waals surface area contributed by atoms with Crippen LogP contribution in [0.3, 0.4) is 0 Å². The molecule has 1 fully saturated rings. The summed E-state index contributed by atoms with van der Waals surface area (Å²) in [6.07, 6.45) is 1.74. The molecule has 3 N–H and O–H groups in total. The number of aryl methyl sites for hydroxylation is 1. The lowest BCUT2D eigenvalue weighted by Gasteiger charge is -2.30. The molecule has 1 unspecified atom stereocenters. The third kappa shape index (κ3) is 4.08. The van der Waals surface area contributed by atoms with E-state index in [2.05, 4.69) is 38.2 Å². The predicted octanol–water partition coefficient (Wildman–Crippen LogP) is 2.14. The van der Waals surface area contributed by atoms with Crippen molar-refractivity contribution < 1.29 is 9.53 Å². The zero-order valence-corrected chi connectivity index (χ0v) is 13.9. The van der Waals surface area contributed by atoms with Crippen LogP contribution in [-0.2, 0) is 14.9 Å². The Labute approximate surface area is 133 Å². The van der Waals surface area contributed by atoms with Gasteiger partial charge in [0.25, 0.3) is 0 Å². The largest absolute Gasteiger partial charge is 0.381 e. The minimum absolute atomic E-state index is 0.0476. The molecule has 0 aromatic heterocycles. The van der Waals surface area contributed by atoms with E-state index in [0.717, 1.165) is 12.8 Å². The zero-order valence-electron chi connectivity index (χ0n) is 13.9. The number of carbonyl (C=O) groups excluding carboxylic acids is 1. The Morgan fingerprint density at radius 1 is 1.36 bits per heavy atom. The highest BCUT2D eigenvalue weighted by Gasteiger charge is 2.28. The van der Waals surface area contributed by atoms with E-state index in [1.165, 1.54) is 11.1 Å². The van der Waals surface area contributed by atoms with Crippen LogP contribution < -0.4 is 11.1 Å². The lowest BCUT2D eigenvalue weighted by atomic mass is 9.82. The Kier molecular flexibility index (Phi) is 5.59. The SMILES string of the molecule is Cc1ccccc1C(C)(C)CNC(=O)C(N)C1CCOCC1. The summed E-state index contributed by atoms with van der Waals surface area (Å²) in [5.74, 6) is 0.184. The van der Waals surface area contributed by atoms with Crippen molar-refractivity contribution in [2.45, 2.75) is 45.1 Å². The van der Waals surface area contributed by atoms with Crippen LogP contribution >= 0.6 is 0 Å². The van der Waals surface area contributed by atoms with E-state index in [1.54, 1.807) is 0 Å². The molecule has 1 saturated heterocycles. The topological polar surface area (TPSA) is 64.4 Å². The summed E-state index contributed by atoms with van der Waals surface area (Å²) >= 11 is 0. The van der Waals surface area contributed by atoms with Crippen molar-refractivity contribution in [3.63, 3.8) is 0 Å². The first-order chi connectivity index (χ1) is 10.4. The van der Waals surface area contributed by atoms with Gasteiger partial charge in [0, 0.05) is 25.2 Å². The van der Waals surface area contributed by atoms with Gasteiger partial charge in [0.05, 0.1) is 6.04 Å². The Bertz CT molecular complexity index is 508. The molecule has 1 aromatic rings. The van der Waals surface area contributed by atoms with Gasteiger partial charge in [-0.3, -0.25) is 4.79 Å². The molecule has 1 aliphatic rings. The molecule has 0 radical (unpaired) electrons. The maximum atomic E-state index is 12.3. The van der Waals surface area contributed by atoms with E-state index >= 15 is 0 Å². The van der Waals surface area contributed by atoms with Crippen molar-refractivity contribution in [2.75, 3.05) is 19.8 Å². The Hall–Kier alpha value is -1.39. The minimum atomic E-state index is -0.434. The molecule has 0 spiro atoms. The predicted molar refractivity (Wildman–Crippen MR) is 88.7 cm³/mol. The van der Waals surface area contributed by atoms with Crippen molar-refractivity contribution in [1.82, 2.24) is 5.32 Å². The number of nitrogens with two attached hydrogens (primary N) is 1. The molecule has 0 aliphatic carbocycles. The lowest BCUT2D eigenvalue weighted by molar-refractivity contribution is -0.124. The Morgan fingerprint density at radius 3 is 2.64 bits per heavy atom. The van der Waals surface area contributed by atoms with Crippen LogP contribution in [0.15, 0.2) is 24.3 Å². The molecular weight excluding hydrogens is 276 g/mol. The van der Waals surface area contributed by atoms with Crippen LogP contribution in [0.5, 0.6) is 0 Å². The average Bonchev–Trinajstić information content (AvgIpc) is 2.53. The molecule has 1 atom stereocenters. The highest BCUT2D eigenvalue weighted by Crippen LogP contribution is 2.25. The van der Waals surface area contributed by atoms with Crippen LogP contribution in [0.1, 0.15) is 37.8 Å². The second kappa shape index (κ2) is 7.25. The first kappa shape index (κ1) is 17.0. The van der Waals surface area contributed by atoms with E-state index in [1.807, 2.05) is 12.1 Å². The zero-order chi connectivity index (χ0) is 16.2. The molecule has 0 saturated carbocycles. The van der Waals surface area contributed by atoms with Gasteiger partial charge in [0.1, 0.15) is 0 Å². The number of rotatable bonds is 5. The highest BCUT2D eigenvalue weighted by atomic mass is 16.5. The number of nitrogens with one attached hydrogen (secondary N) is 1. The normalized spacial score (nSPS) is 18.0. The summed E-state index contributed by atoms with van der Waals surface area (Å²) < 4.78 is 5.33. The quantitative estimate of drug-likeness (QED) is 0.876. The highest BCUT2D eigenvalue weighted by molar-refractivity contribution is 5.82. The Balaban J connectivity index is 1.93. The Morgan fingerprint density at radius 2 is 2.00 bits per heavy atom. The molecule has 4 nitrogen and oxygen atoms in total. The molecule has 1 aromatic carbocycles. The molecule has 122 valence electrons. The van der Waals surface area contributed by atoms with Crippen molar-refractivity contribution in [2.24, 2.45) is 11.7 Å². The third-order valence-electron chi connectivity index (χ3n) is 4.66. The summed E-state index contributed by atoms with van der Waals surface area (Å²) in [6, 6.07) is 7.87. The van der Waals surface area contributed by atoms with Gasteiger partial charge in [0.2, 0.25) is 5.91 Å². The van der Waals surface area contributed by atoms with Gasteiger partial charge in [-0.05, 0) is 36.8 Å². The maximum Gasteiger partial charge on any atom is 0.237 e. The van der Waals surface area contributed by atoms with Crippen LogP contribution in [0.4, 0.5) is 0 Å². The number of ether oxygens (including phenoxy) is 1. The van der Waals surface area contributed by atoms with Crippen LogP contribution in [0.25, 0.3) is 0 Å². The summed E-state index contributed by atoms with van der Waals surface area (Å²) in [5, 5.41) is 3.04. The lowest BCUT2D eigenvalue weighted by Crippen LogP contribution is -2.49. The van der Waals surface area contributed by atoms with Gasteiger partial charge in [0.15, 0.2) is 0 Å². The number of hydrogen-bond donors (Lipinski definition) is 2. The molecule has 1 aliphatic heterocycles. The molecule has 1 amide bonds. The van der Waals surface area contributed by atoms with E-state index in [9.17, 15) is 4.79 Å². The van der Waals surface area contributed by atoms with Gasteiger partial charge in [-0.2, -0.15) is 0 Å². The third-order valence-corrected chi connectivity index (χ3v) is 4.66. The fourth-order valence-corrected chi connectivity index (χ4v) is 3.14. The first-order valence-electron chi connectivity index (χ1n) is 8.09. The molecular formula is C18H28N2O2. The summed E-state index contributed by atoms with van der Waals surface area (Å²) in [7, 11) is 0. The summed E-state index contributed by atoms with van der Waals surface area (Å²) in [6.45, 7) is 8.41. The van der Waals surface area contributed by atoms with Gasteiger partial charge < -0.3 is 15.8 Å². The van der Waals surface area contributed by atoms with Crippen LogP contribution in [0.2, 0.25) is 0 Å². The van der Waals surface area contributed by atoms with Gasteiger partial charge in [-0.1, -0.05) is 38.1 Å². The minimum Gasteiger partial charge on any atom is -0.381 e.